The molecule has 2 N–H and O–H groups in total. The minimum atomic E-state index is 0.630. The Balaban J connectivity index is 1.65. The molecule has 0 bridgehead atoms. The van der Waals surface area contributed by atoms with Crippen molar-refractivity contribution >= 4 is 22.8 Å². The summed E-state index contributed by atoms with van der Waals surface area (Å²) in [6, 6.07) is 12.9. The lowest BCUT2D eigenvalue weighted by atomic mass is 10.1. The van der Waals surface area contributed by atoms with Crippen LogP contribution < -0.4 is 10.6 Å². The topological polar surface area (TPSA) is 67.2 Å². The molecule has 0 atom stereocenters. The molecule has 0 radical (unpaired) electrons. The average molecular weight is 465 g/mol. The Labute approximate surface area is 204 Å². The lowest BCUT2D eigenvalue weighted by Gasteiger charge is -2.14. The summed E-state index contributed by atoms with van der Waals surface area (Å²) in [5.41, 5.74) is 8.67. The number of fused-ring (bicyclic) bond motifs is 2. The predicted octanol–water partition coefficient (Wildman–Crippen LogP) is 6.66. The van der Waals surface area contributed by atoms with Crippen LogP contribution in [0, 0.1) is 13.8 Å². The van der Waals surface area contributed by atoms with Crippen LogP contribution in [0.25, 0.3) is 0 Å². The van der Waals surface area contributed by atoms with Gasteiger partial charge in [0.1, 0.15) is 13.2 Å². The largest absolute Gasteiger partial charge is 0.396 e. The number of anilines is 2. The van der Waals surface area contributed by atoms with E-state index in [0.717, 1.165) is 85.5 Å². The van der Waals surface area contributed by atoms with Crippen molar-refractivity contribution in [3.05, 3.63) is 58.7 Å². The minimum absolute atomic E-state index is 0.630. The summed E-state index contributed by atoms with van der Waals surface area (Å²) in [5, 5.41) is 15.9. The first-order valence-electron chi connectivity index (χ1n) is 12.6. The van der Waals surface area contributed by atoms with Gasteiger partial charge in [-0.05, 0) is 90.5 Å². The van der Waals surface area contributed by atoms with E-state index in [4.69, 9.17) is 9.68 Å². The molecule has 0 fully saturated rings. The second kappa shape index (κ2) is 13.6. The summed E-state index contributed by atoms with van der Waals surface area (Å²) in [4.78, 5) is 11.3. The van der Waals surface area contributed by atoms with Crippen molar-refractivity contribution in [2.45, 2.75) is 66.2 Å². The van der Waals surface area contributed by atoms with Crippen LogP contribution in [0.5, 0.6) is 0 Å². The molecule has 3 rings (SSSR count). The predicted molar refractivity (Wildman–Crippen MR) is 143 cm³/mol. The Morgan fingerprint density at radius 1 is 0.588 bits per heavy atom. The maximum absolute atomic E-state index is 5.65. The SMILES string of the molecule is C/C1=N\OCCCCCNc2ccc(C)cc2/C(C)=N/OCCCCCNc2ccc(C)cc21. The zero-order valence-corrected chi connectivity index (χ0v) is 21.2. The molecule has 1 aliphatic rings. The van der Waals surface area contributed by atoms with E-state index in [1.807, 2.05) is 13.8 Å². The van der Waals surface area contributed by atoms with Gasteiger partial charge in [-0.25, -0.2) is 0 Å². The molecule has 1 heterocycles. The first kappa shape index (κ1) is 25.6. The van der Waals surface area contributed by atoms with Gasteiger partial charge in [-0.15, -0.1) is 0 Å². The molecule has 1 aliphatic heterocycles. The molecule has 2 aromatic carbocycles. The number of nitrogens with zero attached hydrogens (tertiary/aromatic N) is 2. The molecule has 0 aliphatic carbocycles. The van der Waals surface area contributed by atoms with E-state index < -0.39 is 0 Å². The van der Waals surface area contributed by atoms with Gasteiger partial charge >= 0.3 is 0 Å². The summed E-state index contributed by atoms with van der Waals surface area (Å²) in [5.74, 6) is 0. The van der Waals surface area contributed by atoms with Gasteiger partial charge in [0.25, 0.3) is 0 Å². The van der Waals surface area contributed by atoms with Crippen LogP contribution in [0.1, 0.15) is 74.6 Å². The molecule has 2 aromatic rings. The Kier molecular flexibility index (Phi) is 10.3. The van der Waals surface area contributed by atoms with Crippen LogP contribution in [0.4, 0.5) is 11.4 Å². The van der Waals surface area contributed by atoms with Gasteiger partial charge in [-0.1, -0.05) is 33.6 Å². The zero-order valence-electron chi connectivity index (χ0n) is 21.2. The van der Waals surface area contributed by atoms with Crippen molar-refractivity contribution in [3.63, 3.8) is 0 Å². The van der Waals surface area contributed by atoms with Gasteiger partial charge in [-0.2, -0.15) is 0 Å². The van der Waals surface area contributed by atoms with Gasteiger partial charge in [0.2, 0.25) is 0 Å². The summed E-state index contributed by atoms with van der Waals surface area (Å²) in [6.07, 6.45) is 6.25. The van der Waals surface area contributed by atoms with Crippen molar-refractivity contribution in [3.8, 4) is 0 Å². The van der Waals surface area contributed by atoms with E-state index in [9.17, 15) is 0 Å². The highest BCUT2D eigenvalue weighted by Crippen LogP contribution is 2.20. The maximum Gasteiger partial charge on any atom is 0.117 e. The Bertz CT molecular complexity index is 905. The standard InChI is InChI=1S/C28H40N4O2/c1-21-11-13-27-25(19-21)23(3)31-33-17-9-6-8-16-30-28-14-12-22(2)20-26(28)24(4)32-34-18-10-5-7-15-29-27/h11-14,19-20,29-30H,5-10,15-18H2,1-4H3/b31-23+,32-24+. The van der Waals surface area contributed by atoms with Crippen LogP contribution in [0.2, 0.25) is 0 Å². The molecule has 0 amide bonds. The average Bonchev–Trinajstić information content (AvgIpc) is 2.83. The molecule has 0 spiro atoms. The van der Waals surface area contributed by atoms with Crippen LogP contribution in [-0.2, 0) is 9.68 Å². The van der Waals surface area contributed by atoms with Crippen molar-refractivity contribution < 1.29 is 9.68 Å². The van der Waals surface area contributed by atoms with Gasteiger partial charge in [0.15, 0.2) is 0 Å². The van der Waals surface area contributed by atoms with E-state index in [1.54, 1.807) is 0 Å². The van der Waals surface area contributed by atoms with E-state index in [-0.39, 0.29) is 0 Å². The van der Waals surface area contributed by atoms with Gasteiger partial charge in [-0.3, -0.25) is 0 Å². The Hall–Kier alpha value is -3.02. The first-order chi connectivity index (χ1) is 16.5. The molecular formula is C28H40N4O2. The fourth-order valence-corrected chi connectivity index (χ4v) is 3.99. The van der Waals surface area contributed by atoms with Crippen LogP contribution in [-0.4, -0.2) is 37.7 Å². The lowest BCUT2D eigenvalue weighted by molar-refractivity contribution is 0.140. The quantitative estimate of drug-likeness (QED) is 0.457. The van der Waals surface area contributed by atoms with E-state index in [2.05, 4.69) is 71.2 Å². The zero-order chi connectivity index (χ0) is 24.2. The number of oxime groups is 2. The monoisotopic (exact) mass is 464 g/mol. The molecule has 0 saturated carbocycles. The number of hydrogen-bond donors (Lipinski definition) is 2. The fourth-order valence-electron chi connectivity index (χ4n) is 3.99. The molecule has 34 heavy (non-hydrogen) atoms. The third-order valence-electron chi connectivity index (χ3n) is 5.99. The molecular weight excluding hydrogens is 424 g/mol. The Morgan fingerprint density at radius 2 is 1.03 bits per heavy atom. The number of nitrogens with one attached hydrogen (secondary N) is 2. The molecule has 0 aromatic heterocycles. The number of hydrogen-bond acceptors (Lipinski definition) is 6. The van der Waals surface area contributed by atoms with Crippen LogP contribution in [0.3, 0.4) is 0 Å². The third kappa shape index (κ3) is 8.08. The van der Waals surface area contributed by atoms with Crippen molar-refractivity contribution in [2.24, 2.45) is 10.3 Å². The second-order valence-corrected chi connectivity index (χ2v) is 9.09. The summed E-state index contributed by atoms with van der Waals surface area (Å²) < 4.78 is 0. The summed E-state index contributed by atoms with van der Waals surface area (Å²) >= 11 is 0. The molecule has 184 valence electrons. The normalized spacial score (nSPS) is 20.0. The highest BCUT2D eigenvalue weighted by molar-refractivity contribution is 6.04. The molecule has 0 saturated heterocycles. The lowest BCUT2D eigenvalue weighted by Crippen LogP contribution is -2.09. The van der Waals surface area contributed by atoms with E-state index in [1.165, 1.54) is 11.1 Å². The Morgan fingerprint density at radius 3 is 1.47 bits per heavy atom. The third-order valence-corrected chi connectivity index (χ3v) is 5.99. The fraction of sp³-hybridized carbons (Fsp3) is 0.500. The van der Waals surface area contributed by atoms with Crippen LogP contribution in [0.15, 0.2) is 46.7 Å². The summed E-state index contributed by atoms with van der Waals surface area (Å²) in [7, 11) is 0. The molecule has 6 nitrogen and oxygen atoms in total. The van der Waals surface area contributed by atoms with Gasteiger partial charge in [0.05, 0.1) is 11.4 Å². The smallest absolute Gasteiger partial charge is 0.117 e. The number of benzene rings is 2. The number of aryl methyl sites for hydroxylation is 2. The highest BCUT2D eigenvalue weighted by Gasteiger charge is 2.08. The minimum Gasteiger partial charge on any atom is -0.396 e. The summed E-state index contributed by atoms with van der Waals surface area (Å²) in [6.45, 7) is 11.3. The first-order valence-corrected chi connectivity index (χ1v) is 12.6. The van der Waals surface area contributed by atoms with Crippen LogP contribution >= 0.6 is 0 Å². The van der Waals surface area contributed by atoms with E-state index in [0.29, 0.717) is 13.2 Å². The van der Waals surface area contributed by atoms with Gasteiger partial charge in [0, 0.05) is 35.6 Å². The maximum atomic E-state index is 5.65. The van der Waals surface area contributed by atoms with Gasteiger partial charge < -0.3 is 20.3 Å². The van der Waals surface area contributed by atoms with Crippen molar-refractivity contribution in [1.82, 2.24) is 0 Å². The van der Waals surface area contributed by atoms with E-state index >= 15 is 0 Å². The second-order valence-electron chi connectivity index (χ2n) is 9.09. The number of rotatable bonds is 0. The van der Waals surface area contributed by atoms with Crippen molar-refractivity contribution in [2.75, 3.05) is 36.9 Å². The highest BCUT2D eigenvalue weighted by atomic mass is 16.6. The van der Waals surface area contributed by atoms with Crippen molar-refractivity contribution in [1.29, 1.82) is 0 Å². The molecule has 6 heteroatoms. The molecule has 0 unspecified atom stereocenters.